The van der Waals surface area contributed by atoms with Crippen LogP contribution in [0.25, 0.3) is 10.8 Å². The van der Waals surface area contributed by atoms with Crippen LogP contribution in [0.1, 0.15) is 69.8 Å². The zero-order chi connectivity index (χ0) is 18.3. The van der Waals surface area contributed by atoms with Crippen LogP contribution in [0, 0.1) is 41.3 Å². The molecule has 0 nitrogen and oxygen atoms in total. The summed E-state index contributed by atoms with van der Waals surface area (Å²) in [5.41, 5.74) is 0.427. The Kier molecular flexibility index (Phi) is 7.66. The van der Waals surface area contributed by atoms with Crippen molar-refractivity contribution in [1.29, 1.82) is 0 Å². The van der Waals surface area contributed by atoms with E-state index in [1.54, 1.807) is 12.1 Å². The van der Waals surface area contributed by atoms with Gasteiger partial charge in [-0.2, -0.15) is 12.1 Å². The van der Waals surface area contributed by atoms with E-state index in [1.165, 1.54) is 31.7 Å². The molecule has 4 rings (SSSR count). The van der Waals surface area contributed by atoms with Crippen molar-refractivity contribution in [3.63, 3.8) is 0 Å². The van der Waals surface area contributed by atoms with E-state index in [0.717, 1.165) is 43.4 Å². The van der Waals surface area contributed by atoms with E-state index in [2.05, 4.69) is 13.0 Å². The molecule has 140 valence electrons. The first-order valence-electron chi connectivity index (χ1n) is 10.0. The molecule has 0 spiro atoms. The molecule has 0 unspecified atom stereocenters. The molecular weight excluding hydrogens is 419 g/mol. The Bertz CT molecular complexity index is 788. The summed E-state index contributed by atoms with van der Waals surface area (Å²) in [6, 6.07) is 7.00. The van der Waals surface area contributed by atoms with Crippen molar-refractivity contribution in [1.82, 2.24) is 0 Å². The molecule has 2 aromatic carbocycles. The maximum Gasteiger partial charge on any atom is 1.00 e. The Morgan fingerprint density at radius 2 is 1.44 bits per heavy atom. The molecule has 2 saturated carbocycles. The van der Waals surface area contributed by atoms with Crippen molar-refractivity contribution >= 4 is 10.8 Å². The van der Waals surface area contributed by atoms with Crippen LogP contribution in [0.4, 0.5) is 13.2 Å². The normalized spacial score (nSPS) is 28.7. The summed E-state index contributed by atoms with van der Waals surface area (Å²) in [6.07, 6.45) is 9.31. The second-order valence-corrected chi connectivity index (χ2v) is 8.48. The van der Waals surface area contributed by atoms with Gasteiger partial charge in [0.1, 0.15) is 11.6 Å². The van der Waals surface area contributed by atoms with Gasteiger partial charge in [-0.05, 0) is 67.8 Å². The van der Waals surface area contributed by atoms with Crippen molar-refractivity contribution in [2.75, 3.05) is 0 Å². The van der Waals surface area contributed by atoms with E-state index >= 15 is 0 Å². The van der Waals surface area contributed by atoms with Gasteiger partial charge in [-0.15, -0.1) is 11.5 Å². The summed E-state index contributed by atoms with van der Waals surface area (Å²) in [5.74, 6) is -0.300. The molecule has 0 heterocycles. The third-order valence-electron chi connectivity index (χ3n) is 6.90. The summed E-state index contributed by atoms with van der Waals surface area (Å²) < 4.78 is 42.9. The molecule has 0 atom stereocenters. The summed E-state index contributed by atoms with van der Waals surface area (Å²) in [5, 5.41) is 0.150. The Labute approximate surface area is 209 Å². The second-order valence-electron chi connectivity index (χ2n) is 8.48. The van der Waals surface area contributed by atoms with E-state index in [-0.39, 0.29) is 69.5 Å². The molecule has 2 aliphatic rings. The van der Waals surface area contributed by atoms with Gasteiger partial charge < -0.3 is 0 Å². The zero-order valence-corrected chi connectivity index (χ0v) is 21.2. The fourth-order valence-electron chi connectivity index (χ4n) is 5.25. The van der Waals surface area contributed by atoms with Crippen LogP contribution < -0.4 is 58.2 Å². The standard InChI is InChI=1S/C23H26F3.Rb/c1-14-5-7-15(8-6-14)16-9-11-17(12-10-16)19-13-18-3-2-4-20(24)21(18)23(26)22(19)25;/h2-3,13-17H,5-12H2,1H3;/q-1;+1. The van der Waals surface area contributed by atoms with Gasteiger partial charge in [0.15, 0.2) is 0 Å². The van der Waals surface area contributed by atoms with Gasteiger partial charge in [-0.25, -0.2) is 13.2 Å². The molecule has 0 saturated heterocycles. The van der Waals surface area contributed by atoms with Crippen molar-refractivity contribution < 1.29 is 71.4 Å². The Morgan fingerprint density at radius 1 is 0.852 bits per heavy atom. The molecule has 0 aromatic heterocycles. The Morgan fingerprint density at radius 3 is 2.07 bits per heavy atom. The molecule has 0 N–H and O–H groups in total. The maximum absolute atomic E-state index is 14.6. The average molecular weight is 445 g/mol. The predicted octanol–water partition coefficient (Wildman–Crippen LogP) is 4.16. The Balaban J connectivity index is 0.00000210. The maximum atomic E-state index is 14.6. The molecular formula is C23H26F3Rb. The van der Waals surface area contributed by atoms with Gasteiger partial charge in [-0.3, -0.25) is 0 Å². The number of fused-ring (bicyclic) bond motifs is 1. The molecule has 0 bridgehead atoms. The monoisotopic (exact) mass is 444 g/mol. The topological polar surface area (TPSA) is 0 Å². The van der Waals surface area contributed by atoms with Crippen LogP contribution in [0.2, 0.25) is 0 Å². The molecule has 4 heteroatoms. The fraction of sp³-hybridized carbons (Fsp3) is 0.565. The van der Waals surface area contributed by atoms with Gasteiger partial charge in [0, 0.05) is 5.82 Å². The summed E-state index contributed by atoms with van der Waals surface area (Å²) in [4.78, 5) is 0. The van der Waals surface area contributed by atoms with Crippen LogP contribution in [0.15, 0.2) is 18.2 Å². The molecule has 0 radical (unpaired) electrons. The summed E-state index contributed by atoms with van der Waals surface area (Å²) in [6.45, 7) is 2.34. The van der Waals surface area contributed by atoms with E-state index < -0.39 is 17.5 Å². The smallest absolute Gasteiger partial charge is 0.235 e. The number of hydrogen-bond acceptors (Lipinski definition) is 0. The van der Waals surface area contributed by atoms with Crippen molar-refractivity contribution in [3.05, 3.63) is 47.3 Å². The van der Waals surface area contributed by atoms with Gasteiger partial charge in [0.05, 0.1) is 0 Å². The predicted molar refractivity (Wildman–Crippen MR) is 98.5 cm³/mol. The van der Waals surface area contributed by atoms with Crippen molar-refractivity contribution in [2.24, 2.45) is 17.8 Å². The number of halogens is 3. The molecule has 2 fully saturated rings. The van der Waals surface area contributed by atoms with Crippen molar-refractivity contribution in [3.8, 4) is 0 Å². The van der Waals surface area contributed by atoms with E-state index in [1.807, 2.05) is 0 Å². The Hall–Kier alpha value is 0.295. The minimum atomic E-state index is -1.06. The number of hydrogen-bond donors (Lipinski definition) is 0. The number of rotatable bonds is 2. The first-order chi connectivity index (χ1) is 12.5. The minimum Gasteiger partial charge on any atom is -0.235 e. The fourth-order valence-corrected chi connectivity index (χ4v) is 5.25. The van der Waals surface area contributed by atoms with E-state index in [0.29, 0.717) is 10.9 Å². The summed E-state index contributed by atoms with van der Waals surface area (Å²) in [7, 11) is 0. The second kappa shape index (κ2) is 9.41. The van der Waals surface area contributed by atoms with Gasteiger partial charge in [-0.1, -0.05) is 31.2 Å². The van der Waals surface area contributed by atoms with Crippen LogP contribution >= 0.6 is 0 Å². The quantitative estimate of drug-likeness (QED) is 0.610. The van der Waals surface area contributed by atoms with Gasteiger partial charge in [0.25, 0.3) is 0 Å². The van der Waals surface area contributed by atoms with E-state index in [4.69, 9.17) is 0 Å². The van der Waals surface area contributed by atoms with Crippen molar-refractivity contribution in [2.45, 2.75) is 64.2 Å². The molecule has 0 amide bonds. The zero-order valence-electron chi connectivity index (χ0n) is 16.3. The minimum absolute atomic E-state index is 0. The van der Waals surface area contributed by atoms with Crippen LogP contribution in [0.5, 0.6) is 0 Å². The van der Waals surface area contributed by atoms with Gasteiger partial charge >= 0.3 is 58.2 Å². The van der Waals surface area contributed by atoms with Gasteiger partial charge in [0.2, 0.25) is 0 Å². The molecule has 27 heavy (non-hydrogen) atoms. The van der Waals surface area contributed by atoms with Crippen LogP contribution in [-0.2, 0) is 0 Å². The third kappa shape index (κ3) is 4.57. The van der Waals surface area contributed by atoms with Crippen LogP contribution in [-0.4, -0.2) is 0 Å². The van der Waals surface area contributed by atoms with E-state index in [9.17, 15) is 13.2 Å². The third-order valence-corrected chi connectivity index (χ3v) is 6.90. The average Bonchev–Trinajstić information content (AvgIpc) is 2.65. The molecule has 0 aliphatic heterocycles. The summed E-state index contributed by atoms with van der Waals surface area (Å²) >= 11 is 0. The largest absolute Gasteiger partial charge is 1.00 e. The first kappa shape index (κ1) is 22.0. The molecule has 2 aromatic rings. The van der Waals surface area contributed by atoms with Crippen LogP contribution in [0.3, 0.4) is 0 Å². The number of benzene rings is 2. The first-order valence-corrected chi connectivity index (χ1v) is 10.0. The molecule has 2 aliphatic carbocycles. The SMILES string of the molecule is CC1CCC(C2CCC(c3cc4cc[c-]c(F)c4c(F)c3F)CC2)CC1.[Rb+].